The van der Waals surface area contributed by atoms with Crippen molar-refractivity contribution in [2.45, 2.75) is 171 Å². The fourth-order valence-electron chi connectivity index (χ4n) is 9.28. The minimum Gasteiger partial charge on any atom is -0.481 e. The number of aliphatic hydroxyl groups is 1. The molecule has 3 aliphatic carbocycles. The number of carbonyl (C=O) groups excluding carboxylic acids is 1. The molecule has 2 aliphatic heterocycles. The maximum atomic E-state index is 13.0. The van der Waals surface area contributed by atoms with Gasteiger partial charge in [0.1, 0.15) is 6.10 Å². The van der Waals surface area contributed by atoms with Gasteiger partial charge in [-0.15, -0.1) is 0 Å². The summed E-state index contributed by atoms with van der Waals surface area (Å²) in [5.41, 5.74) is 2.14. The van der Waals surface area contributed by atoms with Gasteiger partial charge < -0.3 is 14.6 Å². The van der Waals surface area contributed by atoms with Crippen molar-refractivity contribution in [2.75, 3.05) is 13.1 Å². The minimum atomic E-state index is -0.833. The van der Waals surface area contributed by atoms with Crippen molar-refractivity contribution in [3.05, 3.63) is 35.4 Å². The van der Waals surface area contributed by atoms with E-state index in [0.29, 0.717) is 17.9 Å². The number of hydrogen-bond acceptors (Lipinski definition) is 5. The van der Waals surface area contributed by atoms with Gasteiger partial charge in [0.25, 0.3) is 0 Å². The number of piperidine rings is 1. The summed E-state index contributed by atoms with van der Waals surface area (Å²) in [6, 6.07) is 4.21. The molecule has 1 N–H and O–H groups in total. The van der Waals surface area contributed by atoms with E-state index in [1.54, 1.807) is 0 Å². The quantitative estimate of drug-likeness (QED) is 0.0738. The number of benzene rings is 1. The molecule has 2 heterocycles. The molecule has 4 atom stereocenters. The number of hydrogen-bond donors (Lipinski definition) is 1. The molecule has 3 fully saturated rings. The number of esters is 1. The Hall–Kier alpha value is -1.85. The van der Waals surface area contributed by atoms with E-state index in [2.05, 4.69) is 24.5 Å². The Morgan fingerprint density at radius 2 is 1.59 bits per heavy atom. The monoisotopic (exact) mass is 605 g/mol. The second-order valence-electron chi connectivity index (χ2n) is 15.1. The summed E-state index contributed by atoms with van der Waals surface area (Å²) < 4.78 is 12.7. The van der Waals surface area contributed by atoms with Crippen LogP contribution in [0.4, 0.5) is 0 Å². The molecule has 5 heteroatoms. The number of nitrogens with zero attached hydrogens (tertiary/aromatic N) is 1. The minimum absolute atomic E-state index is 0.119. The molecule has 5 aliphatic rings. The molecule has 1 aromatic carbocycles. The van der Waals surface area contributed by atoms with Crippen molar-refractivity contribution >= 4 is 5.97 Å². The van der Waals surface area contributed by atoms with Crippen molar-refractivity contribution < 1.29 is 19.4 Å². The Balaban J connectivity index is 0.959. The zero-order chi connectivity index (χ0) is 30.6. The fraction of sp³-hybridized carbons (Fsp3) is 0.769. The third kappa shape index (κ3) is 6.39. The molecule has 0 radical (unpaired) electrons. The second-order valence-corrected chi connectivity index (χ2v) is 15.1. The molecule has 1 spiro atoms. The first-order valence-corrected chi connectivity index (χ1v) is 18.7. The smallest absolute Gasteiger partial charge is 0.311 e. The number of likely N-dealkylation sites (tertiary alicyclic amines) is 1. The molecule has 2 bridgehead atoms. The van der Waals surface area contributed by atoms with Crippen molar-refractivity contribution in [1.82, 2.24) is 4.90 Å². The van der Waals surface area contributed by atoms with Crippen molar-refractivity contribution in [1.29, 1.82) is 0 Å². The lowest BCUT2D eigenvalue weighted by Gasteiger charge is -2.63. The summed E-state index contributed by atoms with van der Waals surface area (Å²) in [7, 11) is 0. The van der Waals surface area contributed by atoms with Gasteiger partial charge in [-0.25, -0.2) is 0 Å². The summed E-state index contributed by atoms with van der Waals surface area (Å²) in [5, 5.41) is 12.5. The summed E-state index contributed by atoms with van der Waals surface area (Å²) in [5.74, 6) is 1.86. The van der Waals surface area contributed by atoms with Crippen LogP contribution < -0.4 is 9.47 Å². The van der Waals surface area contributed by atoms with Crippen LogP contribution in [0, 0.1) is 5.92 Å². The van der Waals surface area contributed by atoms with Gasteiger partial charge in [-0.05, 0) is 74.6 Å². The van der Waals surface area contributed by atoms with Gasteiger partial charge >= 0.3 is 5.97 Å². The van der Waals surface area contributed by atoms with Gasteiger partial charge in [0.15, 0.2) is 11.5 Å². The topological polar surface area (TPSA) is 59.0 Å². The maximum absolute atomic E-state index is 13.0. The Kier molecular flexibility index (Phi) is 10.4. The van der Waals surface area contributed by atoms with Crippen LogP contribution in [0.2, 0.25) is 0 Å². The highest BCUT2D eigenvalue weighted by Gasteiger charge is 2.72. The van der Waals surface area contributed by atoms with Crippen molar-refractivity contribution in [3.8, 4) is 11.5 Å². The summed E-state index contributed by atoms with van der Waals surface area (Å²) in [6.45, 7) is 8.79. The molecular weight excluding hydrogens is 546 g/mol. The number of unbranched alkanes of at least 4 members (excludes halogenated alkanes) is 14. The lowest BCUT2D eigenvalue weighted by atomic mass is 9.48. The van der Waals surface area contributed by atoms with Gasteiger partial charge in [0, 0.05) is 24.6 Å². The average molecular weight is 606 g/mol. The Morgan fingerprint density at radius 3 is 2.23 bits per heavy atom. The molecule has 6 rings (SSSR count). The zero-order valence-electron chi connectivity index (χ0n) is 27.7. The SMILES string of the molecule is C=C1CCC2(O)C3Cc4ccc(OC(=O)CCCCCCCCCCCCCCCCC)c5c4C2(CCN3CC2CC2)C1O5. The standard InChI is InChI=1S/C39H59NO4/c1-3-4-5-6-7-8-9-10-11-12-13-14-15-16-17-18-34(41)43-32-22-21-31-27-33-39(42)24-23-29(2)37-38(39,35(31)36(32)44-37)25-26-40(33)28-30-19-20-30/h21-22,30,33,37,42H,2-20,23-28H2,1H3. The van der Waals surface area contributed by atoms with Crippen LogP contribution in [-0.2, 0) is 16.6 Å². The van der Waals surface area contributed by atoms with E-state index in [0.717, 1.165) is 68.7 Å². The van der Waals surface area contributed by atoms with Crippen LogP contribution in [0.5, 0.6) is 11.5 Å². The van der Waals surface area contributed by atoms with E-state index in [1.807, 2.05) is 6.07 Å². The van der Waals surface area contributed by atoms with E-state index in [-0.39, 0.29) is 18.1 Å². The summed E-state index contributed by atoms with van der Waals surface area (Å²) in [4.78, 5) is 15.5. The van der Waals surface area contributed by atoms with Crippen LogP contribution >= 0.6 is 0 Å². The highest BCUT2D eigenvalue weighted by Crippen LogP contribution is 2.66. The highest BCUT2D eigenvalue weighted by molar-refractivity contribution is 5.75. The Labute approximate surface area is 267 Å². The van der Waals surface area contributed by atoms with Crippen LogP contribution in [0.1, 0.15) is 153 Å². The first kappa shape index (κ1) is 32.1. The molecule has 0 amide bonds. The van der Waals surface area contributed by atoms with E-state index in [9.17, 15) is 9.90 Å². The van der Waals surface area contributed by atoms with Gasteiger partial charge in [-0.2, -0.15) is 0 Å². The Morgan fingerprint density at radius 1 is 0.955 bits per heavy atom. The van der Waals surface area contributed by atoms with E-state index < -0.39 is 11.0 Å². The van der Waals surface area contributed by atoms with Gasteiger partial charge in [0.2, 0.25) is 0 Å². The highest BCUT2D eigenvalue weighted by atomic mass is 16.6. The average Bonchev–Trinajstić information content (AvgIpc) is 3.76. The second kappa shape index (κ2) is 14.3. The molecule has 4 unspecified atom stereocenters. The van der Waals surface area contributed by atoms with Crippen molar-refractivity contribution in [3.63, 3.8) is 0 Å². The zero-order valence-corrected chi connectivity index (χ0v) is 27.7. The molecule has 244 valence electrons. The summed E-state index contributed by atoms with van der Waals surface area (Å²) >= 11 is 0. The molecule has 1 saturated heterocycles. The normalized spacial score (nSPS) is 28.5. The maximum Gasteiger partial charge on any atom is 0.311 e. The number of carbonyl (C=O) groups is 1. The number of ether oxygens (including phenoxy) is 2. The predicted molar refractivity (Wildman–Crippen MR) is 177 cm³/mol. The number of rotatable bonds is 19. The largest absolute Gasteiger partial charge is 0.481 e. The fourth-order valence-corrected chi connectivity index (χ4v) is 9.28. The van der Waals surface area contributed by atoms with Crippen LogP contribution in [0.15, 0.2) is 24.3 Å². The lowest BCUT2D eigenvalue weighted by molar-refractivity contribution is -0.174. The van der Waals surface area contributed by atoms with E-state index in [4.69, 9.17) is 9.47 Å². The summed E-state index contributed by atoms with van der Waals surface area (Å²) in [6.07, 6.45) is 25.7. The van der Waals surface area contributed by atoms with Gasteiger partial charge in [-0.3, -0.25) is 9.69 Å². The molecule has 5 nitrogen and oxygen atoms in total. The van der Waals surface area contributed by atoms with Gasteiger partial charge in [-0.1, -0.05) is 109 Å². The van der Waals surface area contributed by atoms with Crippen LogP contribution in [0.25, 0.3) is 0 Å². The first-order chi connectivity index (χ1) is 21.5. The molecule has 2 saturated carbocycles. The molecule has 44 heavy (non-hydrogen) atoms. The van der Waals surface area contributed by atoms with E-state index in [1.165, 1.54) is 102 Å². The van der Waals surface area contributed by atoms with Gasteiger partial charge in [0.05, 0.1) is 11.0 Å². The molecule has 0 aromatic heterocycles. The molecule has 1 aromatic rings. The van der Waals surface area contributed by atoms with Crippen molar-refractivity contribution in [2.24, 2.45) is 5.92 Å². The third-order valence-corrected chi connectivity index (χ3v) is 11.9. The first-order valence-electron chi connectivity index (χ1n) is 18.7. The third-order valence-electron chi connectivity index (χ3n) is 11.9. The van der Waals surface area contributed by atoms with Crippen LogP contribution in [-0.4, -0.2) is 46.8 Å². The van der Waals surface area contributed by atoms with E-state index >= 15 is 0 Å². The Bertz CT molecular complexity index is 1160. The predicted octanol–water partition coefficient (Wildman–Crippen LogP) is 8.97. The molecular formula is C39H59NO4. The lowest BCUT2D eigenvalue weighted by Crippen LogP contribution is -2.75. The van der Waals surface area contributed by atoms with Crippen LogP contribution in [0.3, 0.4) is 0 Å².